The van der Waals surface area contributed by atoms with E-state index in [1.807, 2.05) is 42.5 Å². The van der Waals surface area contributed by atoms with Crippen molar-refractivity contribution in [2.45, 2.75) is 0 Å². The summed E-state index contributed by atoms with van der Waals surface area (Å²) in [6, 6.07) is 13.7. The highest BCUT2D eigenvalue weighted by Gasteiger charge is 2.14. The Kier molecular flexibility index (Phi) is 4.78. The lowest BCUT2D eigenvalue weighted by atomic mass is 10.1. The van der Waals surface area contributed by atoms with Crippen molar-refractivity contribution in [2.24, 2.45) is 0 Å². The van der Waals surface area contributed by atoms with Crippen LogP contribution in [0.3, 0.4) is 0 Å². The molecule has 3 heterocycles. The third kappa shape index (κ3) is 3.26. The minimum Gasteiger partial charge on any atom is -0.383 e. The van der Waals surface area contributed by atoms with Gasteiger partial charge in [-0.15, -0.1) is 0 Å². The van der Waals surface area contributed by atoms with Gasteiger partial charge in [0.1, 0.15) is 11.0 Å². The van der Waals surface area contributed by atoms with Crippen LogP contribution in [0.5, 0.6) is 0 Å². The van der Waals surface area contributed by atoms with E-state index in [1.165, 1.54) is 0 Å². The van der Waals surface area contributed by atoms with Gasteiger partial charge < -0.3 is 15.4 Å². The van der Waals surface area contributed by atoms with Crippen molar-refractivity contribution in [1.29, 1.82) is 0 Å². The van der Waals surface area contributed by atoms with Gasteiger partial charge in [0.05, 0.1) is 28.7 Å². The number of anilines is 1. The van der Waals surface area contributed by atoms with Crippen LogP contribution in [-0.4, -0.2) is 45.3 Å². The number of nitrogens with zero attached hydrogens (tertiary/aromatic N) is 4. The van der Waals surface area contributed by atoms with E-state index in [4.69, 9.17) is 26.9 Å². The van der Waals surface area contributed by atoms with Gasteiger partial charge in [-0.1, -0.05) is 12.1 Å². The number of methoxy groups -OCH3 is 1. The summed E-state index contributed by atoms with van der Waals surface area (Å²) >= 11 is 5.33. The Labute approximate surface area is 177 Å². The molecule has 0 aliphatic rings. The first-order chi connectivity index (χ1) is 14.7. The molecule has 0 saturated heterocycles. The summed E-state index contributed by atoms with van der Waals surface area (Å²) in [5.41, 5.74) is 5.51. The summed E-state index contributed by atoms with van der Waals surface area (Å²) in [6.45, 7) is 1.22. The van der Waals surface area contributed by atoms with Gasteiger partial charge in [0.2, 0.25) is 0 Å². The number of pyridine rings is 2. The van der Waals surface area contributed by atoms with Crippen LogP contribution >= 0.6 is 12.2 Å². The highest BCUT2D eigenvalue weighted by molar-refractivity contribution is 7.80. The van der Waals surface area contributed by atoms with Crippen molar-refractivity contribution in [3.8, 4) is 0 Å². The third-order valence-corrected chi connectivity index (χ3v) is 5.11. The first-order valence-electron chi connectivity index (χ1n) is 9.51. The molecule has 5 aromatic rings. The normalized spacial score (nSPS) is 11.4. The summed E-state index contributed by atoms with van der Waals surface area (Å²) in [4.78, 5) is 19.0. The second-order valence-corrected chi connectivity index (χ2v) is 7.21. The molecule has 0 aliphatic heterocycles. The van der Waals surface area contributed by atoms with Crippen LogP contribution in [0.4, 0.5) is 5.69 Å². The predicted octanol–water partition coefficient (Wildman–Crippen LogP) is 3.81. The van der Waals surface area contributed by atoms with Gasteiger partial charge in [-0.3, -0.25) is 9.97 Å². The maximum absolute atomic E-state index is 5.33. The van der Waals surface area contributed by atoms with Gasteiger partial charge in [-0.25, -0.2) is 9.97 Å². The molecule has 8 heteroatoms. The van der Waals surface area contributed by atoms with Gasteiger partial charge in [0.15, 0.2) is 5.11 Å². The highest BCUT2D eigenvalue weighted by atomic mass is 32.1. The molecule has 0 aliphatic carbocycles. The third-order valence-electron chi connectivity index (χ3n) is 4.87. The molecular formula is C22H18N6OS. The Morgan fingerprint density at radius 1 is 0.900 bits per heavy atom. The molecule has 0 bridgehead atoms. The molecular weight excluding hydrogens is 396 g/mol. The van der Waals surface area contributed by atoms with E-state index in [-0.39, 0.29) is 0 Å². The average molecular weight is 414 g/mol. The molecule has 148 valence electrons. The van der Waals surface area contributed by atoms with Crippen LogP contribution in [-0.2, 0) is 4.74 Å². The van der Waals surface area contributed by atoms with E-state index >= 15 is 0 Å². The van der Waals surface area contributed by atoms with Crippen LogP contribution < -0.4 is 10.6 Å². The Balaban J connectivity index is 1.65. The smallest absolute Gasteiger partial charge is 0.170 e. The van der Waals surface area contributed by atoms with E-state index in [0.29, 0.717) is 18.3 Å². The molecule has 0 saturated carbocycles. The van der Waals surface area contributed by atoms with E-state index in [1.54, 1.807) is 19.5 Å². The Hall–Kier alpha value is -3.49. The molecule has 7 nitrogen and oxygen atoms in total. The number of thiocarbonyl (C=S) groups is 1. The average Bonchev–Trinajstić information content (AvgIpc) is 2.78. The van der Waals surface area contributed by atoms with Crippen molar-refractivity contribution >= 4 is 66.9 Å². The topological polar surface area (TPSA) is 84.9 Å². The Bertz CT molecular complexity index is 1420. The van der Waals surface area contributed by atoms with Crippen LogP contribution in [0, 0.1) is 0 Å². The highest BCUT2D eigenvalue weighted by Crippen LogP contribution is 2.32. The monoisotopic (exact) mass is 414 g/mol. The Morgan fingerprint density at radius 3 is 2.23 bits per heavy atom. The molecule has 0 amide bonds. The largest absolute Gasteiger partial charge is 0.383 e. The van der Waals surface area contributed by atoms with Gasteiger partial charge in [0, 0.05) is 42.5 Å². The number of rotatable bonds is 4. The summed E-state index contributed by atoms with van der Waals surface area (Å²) in [5, 5.41) is 8.84. The van der Waals surface area contributed by atoms with E-state index in [9.17, 15) is 0 Å². The lowest BCUT2D eigenvalue weighted by molar-refractivity contribution is 0.204. The second-order valence-electron chi connectivity index (χ2n) is 6.80. The number of hydrogen-bond donors (Lipinski definition) is 2. The number of hydrogen-bond acceptors (Lipinski definition) is 6. The van der Waals surface area contributed by atoms with Gasteiger partial charge in [-0.2, -0.15) is 0 Å². The fourth-order valence-electron chi connectivity index (χ4n) is 3.53. The first kappa shape index (κ1) is 18.5. The van der Waals surface area contributed by atoms with Crippen LogP contribution in [0.2, 0.25) is 0 Å². The molecule has 0 unspecified atom stereocenters. The fourth-order valence-corrected chi connectivity index (χ4v) is 3.75. The lowest BCUT2D eigenvalue weighted by Crippen LogP contribution is -2.31. The van der Waals surface area contributed by atoms with Crippen LogP contribution in [0.15, 0.2) is 54.9 Å². The number of aromatic nitrogens is 4. The molecule has 2 aromatic carbocycles. The summed E-state index contributed by atoms with van der Waals surface area (Å²) in [6.07, 6.45) is 3.55. The number of fused-ring (bicyclic) bond motifs is 7. The number of nitrogens with one attached hydrogen (secondary N) is 2. The maximum atomic E-state index is 5.33. The van der Waals surface area contributed by atoms with Gasteiger partial charge >= 0.3 is 0 Å². The predicted molar refractivity (Wildman–Crippen MR) is 124 cm³/mol. The molecule has 0 radical (unpaired) electrons. The number of ether oxygens (including phenoxy) is 1. The lowest BCUT2D eigenvalue weighted by Gasteiger charge is -2.11. The minimum atomic E-state index is 0.530. The van der Waals surface area contributed by atoms with Crippen molar-refractivity contribution < 1.29 is 4.74 Å². The quantitative estimate of drug-likeness (QED) is 0.199. The molecule has 5 rings (SSSR count). The van der Waals surface area contributed by atoms with E-state index in [2.05, 4.69) is 20.6 Å². The minimum absolute atomic E-state index is 0.530. The van der Waals surface area contributed by atoms with E-state index < -0.39 is 0 Å². The summed E-state index contributed by atoms with van der Waals surface area (Å²) in [5.74, 6) is 0. The fraction of sp³-hybridized carbons (Fsp3) is 0.136. The molecule has 30 heavy (non-hydrogen) atoms. The molecule has 0 spiro atoms. The zero-order valence-corrected chi connectivity index (χ0v) is 17.0. The van der Waals surface area contributed by atoms with Gasteiger partial charge in [-0.05, 0) is 42.5 Å². The second kappa shape index (κ2) is 7.74. The van der Waals surface area contributed by atoms with Crippen molar-refractivity contribution in [3.63, 3.8) is 0 Å². The van der Waals surface area contributed by atoms with Crippen molar-refractivity contribution in [2.75, 3.05) is 25.6 Å². The maximum Gasteiger partial charge on any atom is 0.170 e. The zero-order valence-electron chi connectivity index (χ0n) is 16.2. The number of benzene rings is 2. The van der Waals surface area contributed by atoms with Gasteiger partial charge in [0.25, 0.3) is 0 Å². The van der Waals surface area contributed by atoms with E-state index in [0.717, 1.165) is 49.6 Å². The van der Waals surface area contributed by atoms with Crippen LogP contribution in [0.25, 0.3) is 43.9 Å². The first-order valence-corrected chi connectivity index (χ1v) is 9.92. The van der Waals surface area contributed by atoms with Crippen molar-refractivity contribution in [3.05, 3.63) is 54.9 Å². The standard InChI is InChI=1S/C22H18N6OS/c1-29-11-10-25-22(30)26-13-6-7-16-17(12-13)28-21-19-15(5-3-9-24-19)14-4-2-8-23-18(14)20(21)27-16/h2-9,12H,10-11H2,1H3,(H2,25,26,30). The molecule has 0 atom stereocenters. The summed E-state index contributed by atoms with van der Waals surface area (Å²) in [7, 11) is 1.65. The van der Waals surface area contributed by atoms with Crippen molar-refractivity contribution in [1.82, 2.24) is 25.3 Å². The molecule has 0 fully saturated rings. The SMILES string of the molecule is COCCNC(=S)Nc1ccc2nc3c4ncccc4c4cccnc4c3nc2c1. The summed E-state index contributed by atoms with van der Waals surface area (Å²) < 4.78 is 5.03. The zero-order chi connectivity index (χ0) is 20.5. The van der Waals surface area contributed by atoms with Crippen LogP contribution in [0.1, 0.15) is 0 Å². The Morgan fingerprint density at radius 2 is 1.57 bits per heavy atom. The molecule has 3 aromatic heterocycles. The molecule has 2 N–H and O–H groups in total.